The molecule has 0 radical (unpaired) electrons. The van der Waals surface area contributed by atoms with Gasteiger partial charge in [0.2, 0.25) is 0 Å². The summed E-state index contributed by atoms with van der Waals surface area (Å²) in [6.07, 6.45) is 0.282. The van der Waals surface area contributed by atoms with Crippen molar-refractivity contribution in [2.24, 2.45) is 0 Å². The summed E-state index contributed by atoms with van der Waals surface area (Å²) in [5, 5.41) is 4.08. The summed E-state index contributed by atoms with van der Waals surface area (Å²) in [5.41, 5.74) is 3.18. The molecule has 0 saturated carbocycles. The number of ketones is 1. The predicted molar refractivity (Wildman–Crippen MR) is 92.6 cm³/mol. The highest BCUT2D eigenvalue weighted by atomic mass is 35.5. The zero-order valence-electron chi connectivity index (χ0n) is 12.5. The van der Waals surface area contributed by atoms with Crippen molar-refractivity contribution < 1.29 is 4.79 Å². The van der Waals surface area contributed by atoms with Crippen LogP contribution in [0.15, 0.2) is 48.5 Å². The Morgan fingerprint density at radius 2 is 1.91 bits per heavy atom. The van der Waals surface area contributed by atoms with Crippen LogP contribution in [0.5, 0.6) is 0 Å². The number of carbonyl (C=O) groups excluding carboxylic acids is 1. The number of carbonyl (C=O) groups is 1. The van der Waals surface area contributed by atoms with Crippen LogP contribution in [0.4, 0.5) is 0 Å². The van der Waals surface area contributed by atoms with Crippen LogP contribution in [0, 0.1) is 0 Å². The Morgan fingerprint density at radius 3 is 2.59 bits per heavy atom. The molecule has 22 heavy (non-hydrogen) atoms. The summed E-state index contributed by atoms with van der Waals surface area (Å²) in [5.74, 6) is -0.00421. The van der Waals surface area contributed by atoms with Gasteiger partial charge in [0.05, 0.1) is 5.88 Å². The maximum atomic E-state index is 11.5. The second kappa shape index (κ2) is 8.33. The molecular formula is C18H19Cl2NO. The van der Waals surface area contributed by atoms with E-state index < -0.39 is 0 Å². The van der Waals surface area contributed by atoms with E-state index in [1.54, 1.807) is 0 Å². The number of nitrogens with one attached hydrogen (secondary N) is 1. The topological polar surface area (TPSA) is 29.1 Å². The van der Waals surface area contributed by atoms with E-state index in [1.165, 1.54) is 5.56 Å². The van der Waals surface area contributed by atoms with E-state index in [-0.39, 0.29) is 24.1 Å². The SMILES string of the molecule is CC(NCc1ccc(Cl)c(CC(=O)CCl)c1)c1ccccc1. The molecule has 2 nitrogen and oxygen atoms in total. The molecule has 0 spiro atoms. The molecule has 0 aliphatic carbocycles. The monoisotopic (exact) mass is 335 g/mol. The fraction of sp³-hybridized carbons (Fsp3) is 0.278. The third-order valence-electron chi connectivity index (χ3n) is 3.56. The molecule has 0 amide bonds. The Balaban J connectivity index is 2.01. The van der Waals surface area contributed by atoms with Crippen LogP contribution >= 0.6 is 23.2 Å². The molecule has 116 valence electrons. The minimum Gasteiger partial charge on any atom is -0.306 e. The van der Waals surface area contributed by atoms with Gasteiger partial charge in [-0.1, -0.05) is 54.1 Å². The van der Waals surface area contributed by atoms with Gasteiger partial charge < -0.3 is 5.32 Å². The van der Waals surface area contributed by atoms with Crippen molar-refractivity contribution in [1.82, 2.24) is 5.32 Å². The van der Waals surface area contributed by atoms with Gasteiger partial charge in [-0.05, 0) is 29.7 Å². The van der Waals surface area contributed by atoms with Crippen molar-refractivity contribution >= 4 is 29.0 Å². The molecule has 4 heteroatoms. The van der Waals surface area contributed by atoms with Crippen molar-refractivity contribution in [2.45, 2.75) is 25.9 Å². The summed E-state index contributed by atoms with van der Waals surface area (Å²) in [4.78, 5) is 11.5. The zero-order valence-corrected chi connectivity index (χ0v) is 14.0. The van der Waals surface area contributed by atoms with E-state index in [4.69, 9.17) is 23.2 Å². The average molecular weight is 336 g/mol. The second-order valence-corrected chi connectivity index (χ2v) is 5.96. The molecule has 2 rings (SSSR count). The molecular weight excluding hydrogens is 317 g/mol. The minimum atomic E-state index is -0.0219. The first-order chi connectivity index (χ1) is 10.6. The van der Waals surface area contributed by atoms with Gasteiger partial charge in [0.15, 0.2) is 5.78 Å². The highest BCUT2D eigenvalue weighted by Crippen LogP contribution is 2.20. The zero-order chi connectivity index (χ0) is 15.9. The third kappa shape index (κ3) is 4.84. The largest absolute Gasteiger partial charge is 0.306 e. The van der Waals surface area contributed by atoms with E-state index in [0.717, 1.165) is 17.7 Å². The molecule has 0 heterocycles. The Kier molecular flexibility index (Phi) is 6.44. The Hall–Kier alpha value is -1.35. The number of alkyl halides is 1. The lowest BCUT2D eigenvalue weighted by atomic mass is 10.0. The first-order valence-electron chi connectivity index (χ1n) is 7.23. The van der Waals surface area contributed by atoms with Gasteiger partial charge in [-0.25, -0.2) is 0 Å². The molecule has 1 unspecified atom stereocenters. The number of Topliss-reactive ketones (excluding diaryl/α,β-unsaturated/α-hetero) is 1. The number of halogens is 2. The van der Waals surface area contributed by atoms with E-state index in [2.05, 4.69) is 24.4 Å². The van der Waals surface area contributed by atoms with Gasteiger partial charge in [0.1, 0.15) is 0 Å². The maximum Gasteiger partial charge on any atom is 0.152 e. The third-order valence-corrected chi connectivity index (χ3v) is 4.23. The first-order valence-corrected chi connectivity index (χ1v) is 8.14. The van der Waals surface area contributed by atoms with Gasteiger partial charge in [-0.2, -0.15) is 0 Å². The van der Waals surface area contributed by atoms with Crippen LogP contribution in [-0.2, 0) is 17.8 Å². The standard InChI is InChI=1S/C18H19Cl2NO/c1-13(15-5-3-2-4-6-15)21-12-14-7-8-18(20)16(9-14)10-17(22)11-19/h2-9,13,21H,10-12H2,1H3. The quantitative estimate of drug-likeness (QED) is 0.752. The molecule has 0 fully saturated rings. The van der Waals surface area contributed by atoms with E-state index in [9.17, 15) is 4.79 Å². The number of benzene rings is 2. The summed E-state index contributed by atoms with van der Waals surface area (Å²) < 4.78 is 0. The lowest BCUT2D eigenvalue weighted by Gasteiger charge is -2.15. The molecule has 2 aromatic carbocycles. The van der Waals surface area contributed by atoms with Crippen LogP contribution in [0.1, 0.15) is 29.7 Å². The molecule has 1 N–H and O–H groups in total. The average Bonchev–Trinajstić information content (AvgIpc) is 2.55. The summed E-state index contributed by atoms with van der Waals surface area (Å²) in [6.45, 7) is 2.85. The van der Waals surface area contributed by atoms with Gasteiger partial charge >= 0.3 is 0 Å². The van der Waals surface area contributed by atoms with Crippen molar-refractivity contribution in [3.8, 4) is 0 Å². The summed E-state index contributed by atoms with van der Waals surface area (Å²) >= 11 is 11.7. The van der Waals surface area contributed by atoms with Gasteiger partial charge in [0, 0.05) is 24.0 Å². The fourth-order valence-electron chi connectivity index (χ4n) is 2.26. The van der Waals surface area contributed by atoms with Crippen LogP contribution < -0.4 is 5.32 Å². The summed E-state index contributed by atoms with van der Waals surface area (Å²) in [7, 11) is 0. The van der Waals surface area contributed by atoms with Crippen LogP contribution in [0.2, 0.25) is 5.02 Å². The van der Waals surface area contributed by atoms with Crippen LogP contribution in [0.3, 0.4) is 0 Å². The first kappa shape index (κ1) is 17.0. The van der Waals surface area contributed by atoms with Crippen LogP contribution in [0.25, 0.3) is 0 Å². The minimum absolute atomic E-state index is 0.0177. The fourth-order valence-corrected chi connectivity index (χ4v) is 2.54. The normalized spacial score (nSPS) is 12.1. The molecule has 1 atom stereocenters. The van der Waals surface area contributed by atoms with E-state index >= 15 is 0 Å². The Morgan fingerprint density at radius 1 is 1.18 bits per heavy atom. The number of rotatable bonds is 7. The van der Waals surface area contributed by atoms with Crippen molar-refractivity contribution in [1.29, 1.82) is 0 Å². The predicted octanol–water partition coefficient (Wildman–Crippen LogP) is 4.54. The molecule has 0 aliphatic heterocycles. The second-order valence-electron chi connectivity index (χ2n) is 5.29. The van der Waals surface area contributed by atoms with Crippen molar-refractivity contribution in [2.75, 3.05) is 5.88 Å². The highest BCUT2D eigenvalue weighted by molar-refractivity contribution is 6.32. The highest BCUT2D eigenvalue weighted by Gasteiger charge is 2.09. The Labute approximate surface area is 141 Å². The van der Waals surface area contributed by atoms with Gasteiger partial charge in [0.25, 0.3) is 0 Å². The molecule has 0 bridgehead atoms. The number of hydrogen-bond donors (Lipinski definition) is 1. The lowest BCUT2D eigenvalue weighted by Crippen LogP contribution is -2.18. The lowest BCUT2D eigenvalue weighted by molar-refractivity contribution is -0.116. The maximum absolute atomic E-state index is 11.5. The number of hydrogen-bond acceptors (Lipinski definition) is 2. The van der Waals surface area contributed by atoms with E-state index in [1.807, 2.05) is 36.4 Å². The van der Waals surface area contributed by atoms with Crippen molar-refractivity contribution in [3.63, 3.8) is 0 Å². The van der Waals surface area contributed by atoms with Gasteiger partial charge in [-0.3, -0.25) is 4.79 Å². The van der Waals surface area contributed by atoms with Crippen LogP contribution in [-0.4, -0.2) is 11.7 Å². The molecule has 0 saturated heterocycles. The summed E-state index contributed by atoms with van der Waals surface area (Å²) in [6, 6.07) is 16.3. The van der Waals surface area contributed by atoms with Gasteiger partial charge in [-0.15, -0.1) is 11.6 Å². The van der Waals surface area contributed by atoms with Crippen molar-refractivity contribution in [3.05, 3.63) is 70.2 Å². The molecule has 2 aromatic rings. The van der Waals surface area contributed by atoms with E-state index in [0.29, 0.717) is 5.02 Å². The Bertz CT molecular complexity index is 628. The molecule has 0 aromatic heterocycles. The molecule has 0 aliphatic rings. The smallest absolute Gasteiger partial charge is 0.152 e.